The molecule has 0 bridgehead atoms. The van der Waals surface area contributed by atoms with Gasteiger partial charge in [-0.25, -0.2) is 0 Å². The summed E-state index contributed by atoms with van der Waals surface area (Å²) in [6, 6.07) is 22.6. The molecule has 3 aromatic rings. The van der Waals surface area contributed by atoms with Crippen LogP contribution >= 0.6 is 11.8 Å². The molecule has 0 unspecified atom stereocenters. The van der Waals surface area contributed by atoms with Gasteiger partial charge in [0.2, 0.25) is 5.91 Å². The van der Waals surface area contributed by atoms with Crippen LogP contribution < -0.4 is 15.2 Å². The minimum Gasteiger partial charge on any atom is -0.497 e. The fourth-order valence-corrected chi connectivity index (χ4v) is 3.51. The van der Waals surface area contributed by atoms with Gasteiger partial charge >= 0.3 is 0 Å². The average Bonchev–Trinajstić information content (AvgIpc) is 2.68. The van der Waals surface area contributed by atoms with Crippen molar-refractivity contribution >= 4 is 17.7 Å². The molecule has 0 radical (unpaired) electrons. The molecule has 3 rings (SSSR count). The highest BCUT2D eigenvalue weighted by molar-refractivity contribution is 7.98. The lowest BCUT2D eigenvalue weighted by molar-refractivity contribution is 0.0997. The van der Waals surface area contributed by atoms with Crippen molar-refractivity contribution in [2.24, 2.45) is 5.73 Å². The third-order valence-corrected chi connectivity index (χ3v) is 4.95. The van der Waals surface area contributed by atoms with E-state index >= 15 is 0 Å². The molecule has 3 aromatic carbocycles. The summed E-state index contributed by atoms with van der Waals surface area (Å²) in [6.07, 6.45) is 0. The first-order valence-corrected chi connectivity index (χ1v) is 9.07. The highest BCUT2D eigenvalue weighted by Crippen LogP contribution is 2.37. The van der Waals surface area contributed by atoms with Crippen molar-refractivity contribution in [3.63, 3.8) is 0 Å². The number of rotatable bonds is 7. The molecule has 0 aliphatic rings. The van der Waals surface area contributed by atoms with Crippen LogP contribution in [-0.2, 0) is 5.75 Å². The Hall–Kier alpha value is -2.92. The fraction of sp³-hybridized carbons (Fsp3) is 0.0952. The number of hydrogen-bond donors (Lipinski definition) is 1. The number of thioether (sulfide) groups is 1. The number of methoxy groups -OCH3 is 1. The van der Waals surface area contributed by atoms with Gasteiger partial charge in [-0.05, 0) is 42.0 Å². The summed E-state index contributed by atoms with van der Waals surface area (Å²) in [6.45, 7) is 0. The number of para-hydroxylation sites is 1. The highest BCUT2D eigenvalue weighted by Gasteiger charge is 2.15. The summed E-state index contributed by atoms with van der Waals surface area (Å²) in [5.41, 5.74) is 7.13. The number of nitrogens with two attached hydrogens (primary N) is 1. The van der Waals surface area contributed by atoms with Gasteiger partial charge in [-0.1, -0.05) is 36.4 Å². The van der Waals surface area contributed by atoms with Crippen LogP contribution in [-0.4, -0.2) is 13.0 Å². The molecule has 0 saturated heterocycles. The Balaban J connectivity index is 1.86. The lowest BCUT2D eigenvalue weighted by Crippen LogP contribution is -2.12. The predicted molar refractivity (Wildman–Crippen MR) is 104 cm³/mol. The summed E-state index contributed by atoms with van der Waals surface area (Å²) in [5, 5.41) is 0. The molecule has 0 saturated carbocycles. The van der Waals surface area contributed by atoms with Crippen molar-refractivity contribution in [2.45, 2.75) is 10.6 Å². The van der Waals surface area contributed by atoms with E-state index in [1.54, 1.807) is 19.2 Å². The fourth-order valence-electron chi connectivity index (χ4n) is 2.43. The molecule has 132 valence electrons. The van der Waals surface area contributed by atoms with E-state index in [0.29, 0.717) is 22.8 Å². The maximum Gasteiger partial charge on any atom is 0.249 e. The largest absolute Gasteiger partial charge is 0.497 e. The van der Waals surface area contributed by atoms with Gasteiger partial charge in [-0.3, -0.25) is 4.79 Å². The second-order valence-electron chi connectivity index (χ2n) is 5.55. The van der Waals surface area contributed by atoms with Gasteiger partial charge in [0.25, 0.3) is 0 Å². The predicted octanol–water partition coefficient (Wildman–Crippen LogP) is 4.88. The number of amides is 1. The number of carbonyl (C=O) groups is 1. The molecule has 0 aromatic heterocycles. The third-order valence-electron chi connectivity index (χ3n) is 3.76. The second kappa shape index (κ2) is 8.45. The first-order chi connectivity index (χ1) is 12.7. The number of hydrogen-bond acceptors (Lipinski definition) is 4. The molecule has 0 aliphatic heterocycles. The van der Waals surface area contributed by atoms with Gasteiger partial charge < -0.3 is 15.2 Å². The van der Waals surface area contributed by atoms with Gasteiger partial charge in [-0.15, -0.1) is 11.8 Å². The zero-order chi connectivity index (χ0) is 18.4. The number of primary amides is 1. The quantitative estimate of drug-likeness (QED) is 0.606. The molecule has 26 heavy (non-hydrogen) atoms. The summed E-state index contributed by atoms with van der Waals surface area (Å²) >= 11 is 1.52. The van der Waals surface area contributed by atoms with E-state index in [2.05, 4.69) is 0 Å². The Labute approximate surface area is 156 Å². The van der Waals surface area contributed by atoms with Crippen molar-refractivity contribution in [3.05, 3.63) is 83.9 Å². The van der Waals surface area contributed by atoms with Crippen molar-refractivity contribution < 1.29 is 14.3 Å². The SMILES string of the molecule is COc1ccc(CSc2c(Oc3ccccc3)cccc2C(N)=O)cc1. The summed E-state index contributed by atoms with van der Waals surface area (Å²) < 4.78 is 11.2. The number of benzene rings is 3. The Kier molecular flexibility index (Phi) is 5.81. The molecule has 2 N–H and O–H groups in total. The van der Waals surface area contributed by atoms with Gasteiger partial charge in [0.05, 0.1) is 17.6 Å². The van der Waals surface area contributed by atoms with Crippen LogP contribution in [0, 0.1) is 0 Å². The summed E-state index contributed by atoms with van der Waals surface area (Å²) in [4.78, 5) is 12.6. The van der Waals surface area contributed by atoms with E-state index in [1.165, 1.54) is 11.8 Å². The standard InChI is InChI=1S/C21H19NO3S/c1-24-16-12-10-15(11-13-16)14-26-20-18(21(22)23)8-5-9-19(20)25-17-6-3-2-4-7-17/h2-13H,14H2,1H3,(H2,22,23). The maximum atomic E-state index is 11.9. The molecule has 0 fully saturated rings. The van der Waals surface area contributed by atoms with Crippen molar-refractivity contribution in [1.29, 1.82) is 0 Å². The molecule has 0 atom stereocenters. The minimum absolute atomic E-state index is 0.456. The Morgan fingerprint density at radius 2 is 1.65 bits per heavy atom. The molecular formula is C21H19NO3S. The smallest absolute Gasteiger partial charge is 0.249 e. The van der Waals surface area contributed by atoms with E-state index in [-0.39, 0.29) is 0 Å². The van der Waals surface area contributed by atoms with Gasteiger partial charge in [0, 0.05) is 5.75 Å². The monoisotopic (exact) mass is 365 g/mol. The highest BCUT2D eigenvalue weighted by atomic mass is 32.2. The zero-order valence-electron chi connectivity index (χ0n) is 14.3. The van der Waals surface area contributed by atoms with Crippen LogP contribution in [0.3, 0.4) is 0 Å². The molecular weight excluding hydrogens is 346 g/mol. The third kappa shape index (κ3) is 4.37. The van der Waals surface area contributed by atoms with Crippen LogP contribution in [0.15, 0.2) is 77.7 Å². The van der Waals surface area contributed by atoms with E-state index in [0.717, 1.165) is 16.2 Å². The Morgan fingerprint density at radius 3 is 2.31 bits per heavy atom. The summed E-state index contributed by atoms with van der Waals surface area (Å²) in [7, 11) is 1.64. The number of ether oxygens (including phenoxy) is 2. The normalized spacial score (nSPS) is 10.3. The van der Waals surface area contributed by atoms with Crippen LogP contribution in [0.4, 0.5) is 0 Å². The number of carbonyl (C=O) groups excluding carboxylic acids is 1. The lowest BCUT2D eigenvalue weighted by Gasteiger charge is -2.14. The van der Waals surface area contributed by atoms with E-state index < -0.39 is 5.91 Å². The maximum absolute atomic E-state index is 11.9. The van der Waals surface area contributed by atoms with Crippen LogP contribution in [0.25, 0.3) is 0 Å². The molecule has 0 spiro atoms. The van der Waals surface area contributed by atoms with Gasteiger partial charge in [0.15, 0.2) is 0 Å². The molecule has 5 heteroatoms. The molecule has 1 amide bonds. The van der Waals surface area contributed by atoms with E-state index in [9.17, 15) is 4.79 Å². The van der Waals surface area contributed by atoms with E-state index in [1.807, 2.05) is 60.7 Å². The summed E-state index contributed by atoms with van der Waals surface area (Å²) in [5.74, 6) is 2.34. The molecule has 4 nitrogen and oxygen atoms in total. The Morgan fingerprint density at radius 1 is 0.923 bits per heavy atom. The molecule has 0 heterocycles. The topological polar surface area (TPSA) is 61.6 Å². The van der Waals surface area contributed by atoms with E-state index in [4.69, 9.17) is 15.2 Å². The van der Waals surface area contributed by atoms with Crippen molar-refractivity contribution in [3.8, 4) is 17.2 Å². The van der Waals surface area contributed by atoms with Crippen LogP contribution in [0.5, 0.6) is 17.2 Å². The lowest BCUT2D eigenvalue weighted by atomic mass is 10.2. The minimum atomic E-state index is -0.472. The van der Waals surface area contributed by atoms with Crippen LogP contribution in [0.2, 0.25) is 0 Å². The van der Waals surface area contributed by atoms with Crippen molar-refractivity contribution in [2.75, 3.05) is 7.11 Å². The second-order valence-corrected chi connectivity index (χ2v) is 6.53. The zero-order valence-corrected chi connectivity index (χ0v) is 15.2. The molecule has 0 aliphatic carbocycles. The first-order valence-electron chi connectivity index (χ1n) is 8.09. The average molecular weight is 365 g/mol. The van der Waals surface area contributed by atoms with Crippen LogP contribution in [0.1, 0.15) is 15.9 Å². The van der Waals surface area contributed by atoms with Gasteiger partial charge in [-0.2, -0.15) is 0 Å². The first kappa shape index (κ1) is 17.9. The Bertz CT molecular complexity index is 880. The van der Waals surface area contributed by atoms with Crippen molar-refractivity contribution in [1.82, 2.24) is 0 Å². The van der Waals surface area contributed by atoms with Gasteiger partial charge in [0.1, 0.15) is 17.2 Å².